The molecule has 0 saturated carbocycles. The van der Waals surface area contributed by atoms with E-state index < -0.39 is 0 Å². The largest absolute Gasteiger partial charge is 0.495 e. The molecule has 1 heterocycles. The third kappa shape index (κ3) is 4.43. The molecule has 0 atom stereocenters. The summed E-state index contributed by atoms with van der Waals surface area (Å²) in [6, 6.07) is 16.9. The van der Waals surface area contributed by atoms with Crippen LogP contribution in [0, 0.1) is 0 Å². The van der Waals surface area contributed by atoms with Crippen LogP contribution < -0.4 is 15.4 Å². The summed E-state index contributed by atoms with van der Waals surface area (Å²) in [4.78, 5) is 28.5. The van der Waals surface area contributed by atoms with Gasteiger partial charge in [-0.3, -0.25) is 9.59 Å². The van der Waals surface area contributed by atoms with Crippen LogP contribution in [0.15, 0.2) is 66.9 Å². The van der Waals surface area contributed by atoms with Crippen LogP contribution >= 0.6 is 11.6 Å². The van der Waals surface area contributed by atoms with Gasteiger partial charge in [-0.05, 0) is 48.5 Å². The molecule has 7 heteroatoms. The van der Waals surface area contributed by atoms with Crippen molar-refractivity contribution in [3.8, 4) is 5.75 Å². The number of nitrogens with zero attached hydrogens (tertiary/aromatic N) is 1. The topological polar surface area (TPSA) is 80.3 Å². The Bertz CT molecular complexity index is 974. The summed E-state index contributed by atoms with van der Waals surface area (Å²) in [6.45, 7) is 0. The molecule has 0 bridgehead atoms. The third-order valence-electron chi connectivity index (χ3n) is 3.76. The van der Waals surface area contributed by atoms with Crippen molar-refractivity contribution in [3.05, 3.63) is 83.1 Å². The van der Waals surface area contributed by atoms with Gasteiger partial charge in [-0.15, -0.1) is 0 Å². The van der Waals surface area contributed by atoms with Crippen LogP contribution in [-0.4, -0.2) is 23.9 Å². The van der Waals surface area contributed by atoms with E-state index in [1.54, 1.807) is 54.6 Å². The van der Waals surface area contributed by atoms with Gasteiger partial charge in [0.1, 0.15) is 10.9 Å². The number of hydrogen-bond donors (Lipinski definition) is 2. The lowest BCUT2D eigenvalue weighted by Crippen LogP contribution is -2.14. The fourth-order valence-electron chi connectivity index (χ4n) is 2.40. The molecule has 0 aliphatic rings. The summed E-state index contributed by atoms with van der Waals surface area (Å²) in [5, 5.41) is 5.64. The zero-order valence-corrected chi connectivity index (χ0v) is 15.2. The molecule has 0 spiro atoms. The van der Waals surface area contributed by atoms with Gasteiger partial charge in [0.2, 0.25) is 0 Å². The second-order valence-corrected chi connectivity index (χ2v) is 5.89. The van der Waals surface area contributed by atoms with Crippen molar-refractivity contribution in [3.63, 3.8) is 0 Å². The normalized spacial score (nSPS) is 10.1. The van der Waals surface area contributed by atoms with E-state index in [9.17, 15) is 9.59 Å². The maximum atomic E-state index is 12.4. The molecule has 2 aromatic carbocycles. The molecular formula is C20H16ClN3O3. The van der Waals surface area contributed by atoms with Crippen LogP contribution in [0.1, 0.15) is 20.7 Å². The molecule has 1 aromatic heterocycles. The lowest BCUT2D eigenvalue weighted by molar-refractivity contribution is 0.101. The number of carbonyl (C=O) groups is 2. The van der Waals surface area contributed by atoms with Gasteiger partial charge in [0.25, 0.3) is 11.8 Å². The van der Waals surface area contributed by atoms with Crippen LogP contribution in [0.2, 0.25) is 5.15 Å². The molecule has 27 heavy (non-hydrogen) atoms. The van der Waals surface area contributed by atoms with Gasteiger partial charge in [-0.1, -0.05) is 23.7 Å². The Morgan fingerprint density at radius 1 is 0.926 bits per heavy atom. The number of amides is 2. The number of methoxy groups -OCH3 is 1. The first-order valence-corrected chi connectivity index (χ1v) is 8.42. The first-order chi connectivity index (χ1) is 13.1. The fraction of sp³-hybridized carbons (Fsp3) is 0.0500. The summed E-state index contributed by atoms with van der Waals surface area (Å²) in [6.07, 6.45) is 1.51. The van der Waals surface area contributed by atoms with Gasteiger partial charge in [-0.2, -0.15) is 0 Å². The zero-order chi connectivity index (χ0) is 19.2. The Labute approximate surface area is 161 Å². The van der Waals surface area contributed by atoms with Gasteiger partial charge in [0.05, 0.1) is 18.4 Å². The Morgan fingerprint density at radius 2 is 1.67 bits per heavy atom. The van der Waals surface area contributed by atoms with Crippen molar-refractivity contribution in [2.75, 3.05) is 17.7 Å². The summed E-state index contributed by atoms with van der Waals surface area (Å²) in [5.41, 5.74) is 1.83. The molecule has 136 valence electrons. The van der Waals surface area contributed by atoms with Crippen LogP contribution in [0.5, 0.6) is 5.75 Å². The minimum absolute atomic E-state index is 0.128. The van der Waals surface area contributed by atoms with E-state index in [0.717, 1.165) is 0 Å². The number of anilines is 2. The van der Waals surface area contributed by atoms with Crippen LogP contribution in [0.25, 0.3) is 0 Å². The molecule has 0 radical (unpaired) electrons. The quantitative estimate of drug-likeness (QED) is 0.647. The number of carbonyl (C=O) groups excluding carboxylic acids is 2. The molecular weight excluding hydrogens is 366 g/mol. The number of pyridine rings is 1. The standard InChI is InChI=1S/C20H16ClN3O3/c1-27-17-7-3-2-6-16(17)24-19(25)13-8-10-14(11-9-13)23-20(26)15-5-4-12-22-18(15)21/h2-12H,1H3,(H,23,26)(H,24,25). The summed E-state index contributed by atoms with van der Waals surface area (Å²) >= 11 is 5.92. The SMILES string of the molecule is COc1ccccc1NC(=O)c1ccc(NC(=O)c2cccnc2Cl)cc1. The number of halogens is 1. The number of aromatic nitrogens is 1. The van der Waals surface area contributed by atoms with E-state index in [2.05, 4.69) is 15.6 Å². The van der Waals surface area contributed by atoms with Gasteiger partial charge in [0, 0.05) is 17.4 Å². The molecule has 2 N–H and O–H groups in total. The Balaban J connectivity index is 1.69. The monoisotopic (exact) mass is 381 g/mol. The van der Waals surface area contributed by atoms with Crippen molar-refractivity contribution < 1.29 is 14.3 Å². The maximum absolute atomic E-state index is 12.4. The molecule has 0 aliphatic heterocycles. The Morgan fingerprint density at radius 3 is 2.37 bits per heavy atom. The van der Waals surface area contributed by atoms with Crippen molar-refractivity contribution in [2.45, 2.75) is 0 Å². The number of nitrogens with one attached hydrogen (secondary N) is 2. The average molecular weight is 382 g/mol. The van der Waals surface area contributed by atoms with E-state index in [1.165, 1.54) is 13.3 Å². The molecule has 3 aromatic rings. The Hall–Kier alpha value is -3.38. The van der Waals surface area contributed by atoms with E-state index in [-0.39, 0.29) is 22.5 Å². The smallest absolute Gasteiger partial charge is 0.258 e. The fourth-order valence-corrected chi connectivity index (χ4v) is 2.61. The molecule has 2 amide bonds. The van der Waals surface area contributed by atoms with Crippen LogP contribution in [0.3, 0.4) is 0 Å². The highest BCUT2D eigenvalue weighted by atomic mass is 35.5. The van der Waals surface area contributed by atoms with Crippen LogP contribution in [0.4, 0.5) is 11.4 Å². The number of rotatable bonds is 5. The second kappa shape index (κ2) is 8.33. The van der Waals surface area contributed by atoms with E-state index in [4.69, 9.17) is 16.3 Å². The first-order valence-electron chi connectivity index (χ1n) is 8.05. The number of benzene rings is 2. The average Bonchev–Trinajstić information content (AvgIpc) is 2.69. The highest BCUT2D eigenvalue weighted by molar-refractivity contribution is 6.33. The second-order valence-electron chi connectivity index (χ2n) is 5.53. The van der Waals surface area contributed by atoms with Crippen molar-refractivity contribution >= 4 is 34.8 Å². The van der Waals surface area contributed by atoms with Gasteiger partial charge in [-0.25, -0.2) is 4.98 Å². The van der Waals surface area contributed by atoms with Crippen molar-refractivity contribution in [1.29, 1.82) is 0 Å². The minimum Gasteiger partial charge on any atom is -0.495 e. The lowest BCUT2D eigenvalue weighted by Gasteiger charge is -2.10. The summed E-state index contributed by atoms with van der Waals surface area (Å²) < 4.78 is 5.22. The van der Waals surface area contributed by atoms with E-state index in [1.807, 2.05) is 6.07 Å². The first kappa shape index (κ1) is 18.4. The van der Waals surface area contributed by atoms with Gasteiger partial charge >= 0.3 is 0 Å². The lowest BCUT2D eigenvalue weighted by atomic mass is 10.1. The van der Waals surface area contributed by atoms with Crippen LogP contribution in [-0.2, 0) is 0 Å². The predicted octanol–water partition coefficient (Wildman–Crippen LogP) is 4.25. The van der Waals surface area contributed by atoms with Gasteiger partial charge in [0.15, 0.2) is 0 Å². The number of para-hydroxylation sites is 2. The molecule has 0 fully saturated rings. The maximum Gasteiger partial charge on any atom is 0.258 e. The molecule has 0 aliphatic carbocycles. The molecule has 0 saturated heterocycles. The highest BCUT2D eigenvalue weighted by Gasteiger charge is 2.12. The molecule has 3 rings (SSSR count). The number of ether oxygens (including phenoxy) is 1. The molecule has 6 nitrogen and oxygen atoms in total. The Kier molecular flexibility index (Phi) is 5.68. The highest BCUT2D eigenvalue weighted by Crippen LogP contribution is 2.24. The molecule has 0 unspecified atom stereocenters. The van der Waals surface area contributed by atoms with Crippen molar-refractivity contribution in [2.24, 2.45) is 0 Å². The predicted molar refractivity (Wildman–Crippen MR) is 105 cm³/mol. The van der Waals surface area contributed by atoms with Gasteiger partial charge < -0.3 is 15.4 Å². The number of hydrogen-bond acceptors (Lipinski definition) is 4. The van der Waals surface area contributed by atoms with E-state index in [0.29, 0.717) is 22.7 Å². The summed E-state index contributed by atoms with van der Waals surface area (Å²) in [7, 11) is 1.54. The summed E-state index contributed by atoms with van der Waals surface area (Å²) in [5.74, 6) is -0.0879. The zero-order valence-electron chi connectivity index (χ0n) is 14.4. The van der Waals surface area contributed by atoms with E-state index >= 15 is 0 Å². The van der Waals surface area contributed by atoms with Crippen molar-refractivity contribution in [1.82, 2.24) is 4.98 Å². The third-order valence-corrected chi connectivity index (χ3v) is 4.07. The minimum atomic E-state index is -0.376.